The smallest absolute Gasteiger partial charge is 0.331 e. The van der Waals surface area contributed by atoms with E-state index in [-0.39, 0.29) is 28.9 Å². The van der Waals surface area contributed by atoms with Gasteiger partial charge in [0, 0.05) is 25.3 Å². The van der Waals surface area contributed by atoms with Crippen LogP contribution in [0.5, 0.6) is 0 Å². The van der Waals surface area contributed by atoms with Crippen molar-refractivity contribution in [1.29, 1.82) is 0 Å². The fourth-order valence-electron chi connectivity index (χ4n) is 6.03. The van der Waals surface area contributed by atoms with Crippen molar-refractivity contribution in [3.63, 3.8) is 0 Å². The van der Waals surface area contributed by atoms with Crippen LogP contribution >= 0.6 is 0 Å². The second-order valence-electron chi connectivity index (χ2n) is 9.26. The van der Waals surface area contributed by atoms with Gasteiger partial charge in [-0.15, -0.1) is 0 Å². The molecule has 1 saturated carbocycles. The Kier molecular flexibility index (Phi) is 5.06. The highest BCUT2D eigenvalue weighted by atomic mass is 16.5. The molecular formula is C22H32O4. The average Bonchev–Trinajstić information content (AvgIpc) is 2.90. The molecule has 0 bridgehead atoms. The molecule has 3 atom stereocenters. The van der Waals surface area contributed by atoms with Crippen LogP contribution in [0, 0.1) is 16.7 Å². The monoisotopic (exact) mass is 360 g/mol. The highest BCUT2D eigenvalue weighted by molar-refractivity contribution is 5.85. The minimum Gasteiger partial charge on any atom is -0.462 e. The highest BCUT2D eigenvalue weighted by Gasteiger charge is 2.55. The largest absolute Gasteiger partial charge is 0.462 e. The summed E-state index contributed by atoms with van der Waals surface area (Å²) in [5.41, 5.74) is 4.16. The van der Waals surface area contributed by atoms with Crippen LogP contribution in [-0.4, -0.2) is 24.6 Å². The molecule has 26 heavy (non-hydrogen) atoms. The Labute approximate surface area is 157 Å². The van der Waals surface area contributed by atoms with Crippen molar-refractivity contribution in [2.24, 2.45) is 16.7 Å². The van der Waals surface area contributed by atoms with Crippen molar-refractivity contribution < 1.29 is 19.1 Å². The Morgan fingerprint density at radius 3 is 2.62 bits per heavy atom. The number of carbonyl (C=O) groups excluding carboxylic acids is 2. The summed E-state index contributed by atoms with van der Waals surface area (Å²) in [7, 11) is 0. The van der Waals surface area contributed by atoms with E-state index in [1.807, 2.05) is 0 Å². The van der Waals surface area contributed by atoms with Crippen molar-refractivity contribution in [3.05, 3.63) is 22.8 Å². The normalized spacial score (nSPS) is 33.4. The first-order valence-electron chi connectivity index (χ1n) is 9.86. The van der Waals surface area contributed by atoms with Crippen LogP contribution in [-0.2, 0) is 19.1 Å². The number of hydrogen-bond acceptors (Lipinski definition) is 4. The molecule has 0 aromatic carbocycles. The van der Waals surface area contributed by atoms with Gasteiger partial charge in [-0.2, -0.15) is 0 Å². The molecule has 0 aromatic heterocycles. The van der Waals surface area contributed by atoms with E-state index in [1.54, 1.807) is 6.08 Å². The lowest BCUT2D eigenvalue weighted by Gasteiger charge is -2.57. The van der Waals surface area contributed by atoms with Crippen LogP contribution in [0.25, 0.3) is 0 Å². The van der Waals surface area contributed by atoms with Gasteiger partial charge in [0.05, 0.1) is 0 Å². The number of hydrogen-bond donors (Lipinski definition) is 0. The van der Waals surface area contributed by atoms with E-state index in [9.17, 15) is 9.59 Å². The number of allylic oxidation sites excluding steroid dienone is 1. The molecule has 0 radical (unpaired) electrons. The second-order valence-corrected chi connectivity index (χ2v) is 9.26. The summed E-state index contributed by atoms with van der Waals surface area (Å²) in [6.45, 7) is 11.2. The number of esters is 2. The molecule has 2 aliphatic carbocycles. The van der Waals surface area contributed by atoms with Gasteiger partial charge in [0.25, 0.3) is 0 Å². The fraction of sp³-hybridized carbons (Fsp3) is 0.727. The molecule has 144 valence electrons. The van der Waals surface area contributed by atoms with E-state index in [0.29, 0.717) is 12.5 Å². The van der Waals surface area contributed by atoms with E-state index in [0.717, 1.165) is 31.3 Å². The predicted molar refractivity (Wildman–Crippen MR) is 100 cm³/mol. The zero-order valence-corrected chi connectivity index (χ0v) is 16.8. The van der Waals surface area contributed by atoms with Gasteiger partial charge in [-0.25, -0.2) is 4.79 Å². The maximum Gasteiger partial charge on any atom is 0.331 e. The fourth-order valence-corrected chi connectivity index (χ4v) is 6.03. The van der Waals surface area contributed by atoms with Crippen LogP contribution in [0.1, 0.15) is 73.1 Å². The van der Waals surface area contributed by atoms with Gasteiger partial charge in [-0.3, -0.25) is 4.79 Å². The molecule has 1 aliphatic heterocycles. The molecule has 1 heterocycles. The Bertz CT molecular complexity index is 670. The minimum atomic E-state index is -0.216. The molecule has 3 rings (SSSR count). The Morgan fingerprint density at radius 1 is 1.27 bits per heavy atom. The maximum atomic E-state index is 11.7. The first-order valence-corrected chi connectivity index (χ1v) is 9.86. The van der Waals surface area contributed by atoms with E-state index in [4.69, 9.17) is 9.47 Å². The number of rotatable bonds is 4. The number of fused-ring (bicyclic) bond motifs is 1. The third kappa shape index (κ3) is 3.47. The molecule has 0 saturated heterocycles. The van der Waals surface area contributed by atoms with Crippen molar-refractivity contribution in [1.82, 2.24) is 0 Å². The molecule has 4 heteroatoms. The molecule has 0 spiro atoms. The van der Waals surface area contributed by atoms with Gasteiger partial charge >= 0.3 is 11.9 Å². The zero-order chi connectivity index (χ0) is 19.1. The van der Waals surface area contributed by atoms with Gasteiger partial charge < -0.3 is 9.47 Å². The quantitative estimate of drug-likeness (QED) is 0.537. The lowest BCUT2D eigenvalue weighted by molar-refractivity contribution is -0.160. The van der Waals surface area contributed by atoms with Crippen molar-refractivity contribution >= 4 is 11.9 Å². The topological polar surface area (TPSA) is 52.6 Å². The standard InChI is InChI=1S/C22H32O4/c1-14-11-18(26-15(2)23)20-21(3,4)9-6-10-22(20,5)17(14)8-7-16-12-19(24)25-13-16/h12,18,20H,6-11,13H2,1-5H3. The van der Waals surface area contributed by atoms with Gasteiger partial charge in [0.15, 0.2) is 0 Å². The van der Waals surface area contributed by atoms with Crippen LogP contribution in [0.4, 0.5) is 0 Å². The second kappa shape index (κ2) is 6.86. The van der Waals surface area contributed by atoms with Gasteiger partial charge in [-0.1, -0.05) is 38.3 Å². The summed E-state index contributed by atoms with van der Waals surface area (Å²) in [6, 6.07) is 0. The lowest BCUT2D eigenvalue weighted by Crippen LogP contribution is -2.53. The summed E-state index contributed by atoms with van der Waals surface area (Å²) < 4.78 is 10.9. The van der Waals surface area contributed by atoms with Crippen molar-refractivity contribution in [2.45, 2.75) is 79.2 Å². The molecule has 0 N–H and O–H groups in total. The molecular weight excluding hydrogens is 328 g/mol. The van der Waals surface area contributed by atoms with Crippen LogP contribution in [0.2, 0.25) is 0 Å². The molecule has 4 nitrogen and oxygen atoms in total. The van der Waals surface area contributed by atoms with E-state index < -0.39 is 0 Å². The molecule has 0 amide bonds. The SMILES string of the molecule is CC(=O)OC1CC(C)=C(CCC2=CC(=O)OC2)C2(C)CCCC(C)(C)C12. The summed E-state index contributed by atoms with van der Waals surface area (Å²) in [6.07, 6.45) is 7.78. The van der Waals surface area contributed by atoms with E-state index >= 15 is 0 Å². The summed E-state index contributed by atoms with van der Waals surface area (Å²) >= 11 is 0. The van der Waals surface area contributed by atoms with E-state index in [1.165, 1.54) is 30.9 Å². The third-order valence-electron chi connectivity index (χ3n) is 6.86. The highest BCUT2D eigenvalue weighted by Crippen LogP contribution is 2.61. The summed E-state index contributed by atoms with van der Waals surface area (Å²) in [5.74, 6) is -0.0595. The molecule has 1 fully saturated rings. The first kappa shape index (κ1) is 19.2. The predicted octanol–water partition coefficient (Wildman–Crippen LogP) is 4.73. The average molecular weight is 360 g/mol. The third-order valence-corrected chi connectivity index (χ3v) is 6.86. The Balaban J connectivity index is 1.91. The van der Waals surface area contributed by atoms with Crippen LogP contribution < -0.4 is 0 Å². The minimum absolute atomic E-state index is 0.0350. The molecule has 3 unspecified atom stereocenters. The van der Waals surface area contributed by atoms with Crippen molar-refractivity contribution in [2.75, 3.05) is 6.61 Å². The van der Waals surface area contributed by atoms with Gasteiger partial charge in [0.2, 0.25) is 0 Å². The lowest BCUT2D eigenvalue weighted by atomic mass is 9.49. The van der Waals surface area contributed by atoms with Crippen LogP contribution in [0.3, 0.4) is 0 Å². The Morgan fingerprint density at radius 2 is 2.00 bits per heavy atom. The maximum absolute atomic E-state index is 11.7. The first-order chi connectivity index (χ1) is 12.1. The van der Waals surface area contributed by atoms with Gasteiger partial charge in [0.1, 0.15) is 12.7 Å². The van der Waals surface area contributed by atoms with Gasteiger partial charge in [-0.05, 0) is 49.0 Å². The molecule has 3 aliphatic rings. The zero-order valence-electron chi connectivity index (χ0n) is 16.8. The summed E-state index contributed by atoms with van der Waals surface area (Å²) in [4.78, 5) is 23.1. The number of ether oxygens (including phenoxy) is 2. The Hall–Kier alpha value is -1.58. The summed E-state index contributed by atoms with van der Waals surface area (Å²) in [5, 5.41) is 0. The number of cyclic esters (lactones) is 1. The van der Waals surface area contributed by atoms with E-state index in [2.05, 4.69) is 27.7 Å². The van der Waals surface area contributed by atoms with Crippen molar-refractivity contribution in [3.8, 4) is 0 Å². The van der Waals surface area contributed by atoms with Crippen LogP contribution in [0.15, 0.2) is 22.8 Å². The molecule has 0 aromatic rings. The number of carbonyl (C=O) groups is 2.